The number of methoxy groups -OCH3 is 1. The van der Waals surface area contributed by atoms with Crippen LogP contribution in [-0.2, 0) is 0 Å². The number of nitrogens with zero attached hydrogens (tertiary/aromatic N) is 3. The van der Waals surface area contributed by atoms with Gasteiger partial charge in [-0.2, -0.15) is 5.10 Å². The molecule has 0 aliphatic rings. The van der Waals surface area contributed by atoms with Gasteiger partial charge in [-0.25, -0.2) is 4.98 Å². The van der Waals surface area contributed by atoms with Gasteiger partial charge in [0.25, 0.3) is 0 Å². The molecule has 2 aromatic rings. The van der Waals surface area contributed by atoms with Gasteiger partial charge in [0, 0.05) is 25.8 Å². The van der Waals surface area contributed by atoms with Crippen molar-refractivity contribution in [3.05, 3.63) is 24.0 Å². The summed E-state index contributed by atoms with van der Waals surface area (Å²) < 4.78 is 5.38. The molecule has 0 aliphatic heterocycles. The van der Waals surface area contributed by atoms with E-state index < -0.39 is 0 Å². The molecule has 1 aromatic heterocycles. The maximum absolute atomic E-state index is 5.38. The third-order valence-electron chi connectivity index (χ3n) is 2.54. The Morgan fingerprint density at radius 3 is 2.59 bits per heavy atom. The summed E-state index contributed by atoms with van der Waals surface area (Å²) in [5.41, 5.74) is 1.97. The molecule has 2 rings (SSSR count). The van der Waals surface area contributed by atoms with Crippen molar-refractivity contribution in [3.8, 4) is 17.1 Å². The third kappa shape index (κ3) is 2.22. The van der Waals surface area contributed by atoms with E-state index in [2.05, 4.69) is 15.2 Å². The molecule has 0 radical (unpaired) electrons. The predicted molar refractivity (Wildman–Crippen MR) is 67.4 cm³/mol. The van der Waals surface area contributed by atoms with E-state index in [9.17, 15) is 0 Å². The van der Waals surface area contributed by atoms with Gasteiger partial charge in [-0.05, 0) is 19.1 Å². The summed E-state index contributed by atoms with van der Waals surface area (Å²) in [6.45, 7) is 1.87. The lowest BCUT2D eigenvalue weighted by Crippen LogP contribution is -2.08. The second kappa shape index (κ2) is 4.45. The third-order valence-corrected chi connectivity index (χ3v) is 2.54. The lowest BCUT2D eigenvalue weighted by atomic mass is 10.1. The molecule has 0 fully saturated rings. The van der Waals surface area contributed by atoms with Crippen molar-refractivity contribution >= 4 is 5.69 Å². The van der Waals surface area contributed by atoms with Crippen LogP contribution in [0, 0.1) is 6.92 Å². The van der Waals surface area contributed by atoms with Crippen molar-refractivity contribution in [3.63, 3.8) is 0 Å². The average molecular weight is 232 g/mol. The number of rotatable bonds is 3. The van der Waals surface area contributed by atoms with Crippen LogP contribution in [0.25, 0.3) is 11.4 Å². The number of hydrogen-bond donors (Lipinski definition) is 1. The van der Waals surface area contributed by atoms with Crippen LogP contribution in [0.5, 0.6) is 5.75 Å². The van der Waals surface area contributed by atoms with E-state index in [0.717, 1.165) is 22.8 Å². The summed E-state index contributed by atoms with van der Waals surface area (Å²) >= 11 is 0. The number of anilines is 1. The number of nitrogens with one attached hydrogen (secondary N) is 1. The monoisotopic (exact) mass is 232 g/mol. The normalized spacial score (nSPS) is 10.4. The smallest absolute Gasteiger partial charge is 0.184 e. The van der Waals surface area contributed by atoms with Crippen molar-refractivity contribution in [1.29, 1.82) is 0 Å². The molecular formula is C12H16N4O. The Labute approximate surface area is 100 Å². The zero-order valence-electron chi connectivity index (χ0n) is 10.5. The van der Waals surface area contributed by atoms with E-state index >= 15 is 0 Å². The molecule has 1 heterocycles. The van der Waals surface area contributed by atoms with Gasteiger partial charge in [-0.1, -0.05) is 0 Å². The molecule has 5 heteroatoms. The largest absolute Gasteiger partial charge is 0.496 e. The Balaban J connectivity index is 2.48. The average Bonchev–Trinajstić information content (AvgIpc) is 2.74. The van der Waals surface area contributed by atoms with Gasteiger partial charge in [0.2, 0.25) is 0 Å². The van der Waals surface area contributed by atoms with Crippen molar-refractivity contribution in [2.24, 2.45) is 0 Å². The van der Waals surface area contributed by atoms with Crippen LogP contribution >= 0.6 is 0 Å². The van der Waals surface area contributed by atoms with Gasteiger partial charge in [-0.15, -0.1) is 0 Å². The van der Waals surface area contributed by atoms with Gasteiger partial charge in [-0.3, -0.25) is 5.10 Å². The van der Waals surface area contributed by atoms with Gasteiger partial charge >= 0.3 is 0 Å². The van der Waals surface area contributed by atoms with E-state index in [1.54, 1.807) is 7.11 Å². The van der Waals surface area contributed by atoms with Crippen molar-refractivity contribution in [1.82, 2.24) is 15.2 Å². The maximum atomic E-state index is 5.38. The molecule has 0 saturated carbocycles. The van der Waals surface area contributed by atoms with Crippen LogP contribution in [0.3, 0.4) is 0 Å². The standard InChI is InChI=1S/C12H16N4O/c1-8-13-12(15-14-8)10-6-5-9(16(2)3)7-11(10)17-4/h5-7H,1-4H3,(H,13,14,15). The summed E-state index contributed by atoms with van der Waals surface area (Å²) in [6, 6.07) is 5.96. The van der Waals surface area contributed by atoms with Crippen LogP contribution in [0.1, 0.15) is 5.82 Å². The topological polar surface area (TPSA) is 54.0 Å². The molecule has 0 spiro atoms. The van der Waals surface area contributed by atoms with Gasteiger partial charge in [0.05, 0.1) is 12.7 Å². The maximum Gasteiger partial charge on any atom is 0.184 e. The van der Waals surface area contributed by atoms with E-state index in [0.29, 0.717) is 5.82 Å². The van der Waals surface area contributed by atoms with E-state index in [4.69, 9.17) is 4.74 Å². The fraction of sp³-hybridized carbons (Fsp3) is 0.333. The SMILES string of the molecule is COc1cc(N(C)C)ccc1-c1n[nH]c(C)n1. The Morgan fingerprint density at radius 1 is 1.29 bits per heavy atom. The zero-order chi connectivity index (χ0) is 12.4. The van der Waals surface area contributed by atoms with Crippen LogP contribution < -0.4 is 9.64 Å². The molecule has 0 aliphatic carbocycles. The predicted octanol–water partition coefficient (Wildman–Crippen LogP) is 1.85. The summed E-state index contributed by atoms with van der Waals surface area (Å²) in [5.74, 6) is 2.22. The minimum Gasteiger partial charge on any atom is -0.496 e. The van der Waals surface area contributed by atoms with Crippen LogP contribution in [0.4, 0.5) is 5.69 Å². The molecule has 1 N–H and O–H groups in total. The first-order valence-electron chi connectivity index (χ1n) is 5.36. The number of aromatic nitrogens is 3. The van der Waals surface area contributed by atoms with Gasteiger partial charge < -0.3 is 9.64 Å². The number of aromatic amines is 1. The molecular weight excluding hydrogens is 216 g/mol. The van der Waals surface area contributed by atoms with Crippen LogP contribution in [0.15, 0.2) is 18.2 Å². The fourth-order valence-electron chi connectivity index (χ4n) is 1.61. The Kier molecular flexibility index (Phi) is 2.99. The first-order valence-corrected chi connectivity index (χ1v) is 5.36. The Bertz CT molecular complexity index is 519. The Morgan fingerprint density at radius 2 is 2.06 bits per heavy atom. The molecule has 1 aromatic carbocycles. The van der Waals surface area contributed by atoms with E-state index in [1.165, 1.54) is 0 Å². The molecule has 0 saturated heterocycles. The number of benzene rings is 1. The summed E-state index contributed by atoms with van der Waals surface area (Å²) in [4.78, 5) is 6.33. The minimum atomic E-state index is 0.657. The van der Waals surface area contributed by atoms with Crippen LogP contribution in [-0.4, -0.2) is 36.4 Å². The number of hydrogen-bond acceptors (Lipinski definition) is 4. The summed E-state index contributed by atoms with van der Waals surface area (Å²) in [6.07, 6.45) is 0. The number of H-pyrrole nitrogens is 1. The molecule has 0 atom stereocenters. The molecule has 0 bridgehead atoms. The zero-order valence-corrected chi connectivity index (χ0v) is 10.5. The molecule has 90 valence electrons. The highest BCUT2D eigenvalue weighted by molar-refractivity contribution is 5.68. The first-order chi connectivity index (χ1) is 8.11. The van der Waals surface area contributed by atoms with E-state index in [1.807, 2.05) is 44.1 Å². The summed E-state index contributed by atoms with van der Waals surface area (Å²) in [7, 11) is 5.63. The minimum absolute atomic E-state index is 0.657. The lowest BCUT2D eigenvalue weighted by molar-refractivity contribution is 0.416. The highest BCUT2D eigenvalue weighted by Crippen LogP contribution is 2.31. The summed E-state index contributed by atoms with van der Waals surface area (Å²) in [5, 5.41) is 6.97. The highest BCUT2D eigenvalue weighted by atomic mass is 16.5. The number of ether oxygens (including phenoxy) is 1. The molecule has 0 amide bonds. The molecule has 17 heavy (non-hydrogen) atoms. The van der Waals surface area contributed by atoms with Gasteiger partial charge in [0.1, 0.15) is 11.6 Å². The second-order valence-electron chi connectivity index (χ2n) is 4.02. The molecule has 0 unspecified atom stereocenters. The lowest BCUT2D eigenvalue weighted by Gasteiger charge is -2.14. The first kappa shape index (κ1) is 11.4. The fourth-order valence-corrected chi connectivity index (χ4v) is 1.61. The van der Waals surface area contributed by atoms with Crippen molar-refractivity contribution in [2.75, 3.05) is 26.1 Å². The number of aryl methyl sites for hydroxylation is 1. The second-order valence-corrected chi connectivity index (χ2v) is 4.02. The van der Waals surface area contributed by atoms with Gasteiger partial charge in [0.15, 0.2) is 5.82 Å². The van der Waals surface area contributed by atoms with Crippen molar-refractivity contribution in [2.45, 2.75) is 6.92 Å². The Hall–Kier alpha value is -2.04. The van der Waals surface area contributed by atoms with E-state index in [-0.39, 0.29) is 0 Å². The van der Waals surface area contributed by atoms with Crippen LogP contribution in [0.2, 0.25) is 0 Å². The highest BCUT2D eigenvalue weighted by Gasteiger charge is 2.11. The quantitative estimate of drug-likeness (QED) is 0.877. The molecule has 5 nitrogen and oxygen atoms in total. The van der Waals surface area contributed by atoms with Crippen molar-refractivity contribution < 1.29 is 4.74 Å².